The van der Waals surface area contributed by atoms with Gasteiger partial charge in [-0.1, -0.05) is 23.8 Å². The van der Waals surface area contributed by atoms with Crippen LogP contribution in [0.2, 0.25) is 0 Å². The van der Waals surface area contributed by atoms with Gasteiger partial charge in [0.1, 0.15) is 0 Å². The number of likely N-dealkylation sites (N-methyl/N-ethyl adjacent to an activating group) is 1. The normalized spacial score (nSPS) is 14.9. The molecule has 104 valence electrons. The van der Waals surface area contributed by atoms with E-state index >= 15 is 0 Å². The van der Waals surface area contributed by atoms with Gasteiger partial charge in [0.2, 0.25) is 0 Å². The van der Waals surface area contributed by atoms with Crippen LogP contribution in [0, 0.1) is 12.8 Å². The molecule has 3 nitrogen and oxygen atoms in total. The molecule has 0 radical (unpaired) electrons. The number of benzene rings is 1. The van der Waals surface area contributed by atoms with Gasteiger partial charge in [0, 0.05) is 18.7 Å². The SMILES string of the molecule is Cc1cccc(C(=O)CN(C)CCOCC2CC2)c1. The van der Waals surface area contributed by atoms with E-state index in [1.54, 1.807) is 0 Å². The first kappa shape index (κ1) is 14.2. The molecular weight excluding hydrogens is 238 g/mol. The lowest BCUT2D eigenvalue weighted by atomic mass is 10.1. The van der Waals surface area contributed by atoms with E-state index in [4.69, 9.17) is 4.74 Å². The fraction of sp³-hybridized carbons (Fsp3) is 0.562. The van der Waals surface area contributed by atoms with Crippen LogP contribution < -0.4 is 0 Å². The molecule has 0 saturated heterocycles. The van der Waals surface area contributed by atoms with Crippen LogP contribution in [0.5, 0.6) is 0 Å². The zero-order valence-corrected chi connectivity index (χ0v) is 11.9. The first-order valence-electron chi connectivity index (χ1n) is 7.01. The van der Waals surface area contributed by atoms with Crippen LogP contribution in [-0.4, -0.2) is 44.0 Å². The van der Waals surface area contributed by atoms with E-state index in [0.29, 0.717) is 13.2 Å². The van der Waals surface area contributed by atoms with Crippen LogP contribution in [0.4, 0.5) is 0 Å². The van der Waals surface area contributed by atoms with Crippen molar-refractivity contribution in [3.05, 3.63) is 35.4 Å². The van der Waals surface area contributed by atoms with E-state index in [9.17, 15) is 4.79 Å². The van der Waals surface area contributed by atoms with E-state index in [0.717, 1.165) is 30.2 Å². The first-order valence-corrected chi connectivity index (χ1v) is 7.01. The molecule has 0 N–H and O–H groups in total. The summed E-state index contributed by atoms with van der Waals surface area (Å²) in [5.41, 5.74) is 1.92. The maximum atomic E-state index is 12.1. The third-order valence-corrected chi connectivity index (χ3v) is 3.42. The lowest BCUT2D eigenvalue weighted by molar-refractivity contribution is 0.0861. The van der Waals surface area contributed by atoms with Crippen molar-refractivity contribution in [2.24, 2.45) is 5.92 Å². The molecule has 1 aromatic carbocycles. The number of hydrogen-bond donors (Lipinski definition) is 0. The van der Waals surface area contributed by atoms with Crippen molar-refractivity contribution in [1.29, 1.82) is 0 Å². The van der Waals surface area contributed by atoms with Gasteiger partial charge in [-0.15, -0.1) is 0 Å². The average molecular weight is 261 g/mol. The number of ketones is 1. The molecule has 1 aromatic rings. The van der Waals surface area contributed by atoms with E-state index in [-0.39, 0.29) is 5.78 Å². The molecule has 1 aliphatic carbocycles. The number of aryl methyl sites for hydroxylation is 1. The van der Waals surface area contributed by atoms with Crippen molar-refractivity contribution < 1.29 is 9.53 Å². The number of carbonyl (C=O) groups is 1. The fourth-order valence-corrected chi connectivity index (χ4v) is 1.99. The van der Waals surface area contributed by atoms with E-state index in [1.807, 2.05) is 43.1 Å². The van der Waals surface area contributed by atoms with Gasteiger partial charge < -0.3 is 4.74 Å². The molecule has 1 fully saturated rings. The number of hydrogen-bond acceptors (Lipinski definition) is 3. The quantitative estimate of drug-likeness (QED) is 0.532. The van der Waals surface area contributed by atoms with Gasteiger partial charge in [0.25, 0.3) is 0 Å². The number of rotatable bonds is 8. The van der Waals surface area contributed by atoms with Crippen molar-refractivity contribution in [2.45, 2.75) is 19.8 Å². The smallest absolute Gasteiger partial charge is 0.176 e. The van der Waals surface area contributed by atoms with Crippen LogP contribution in [0.3, 0.4) is 0 Å². The number of Topliss-reactive ketones (excluding diaryl/α,β-unsaturated/α-hetero) is 1. The zero-order valence-electron chi connectivity index (χ0n) is 11.9. The summed E-state index contributed by atoms with van der Waals surface area (Å²) < 4.78 is 5.58. The number of ether oxygens (including phenoxy) is 1. The van der Waals surface area contributed by atoms with Crippen molar-refractivity contribution in [3.63, 3.8) is 0 Å². The summed E-state index contributed by atoms with van der Waals surface area (Å²) in [6.07, 6.45) is 2.64. The molecule has 19 heavy (non-hydrogen) atoms. The van der Waals surface area contributed by atoms with Gasteiger partial charge in [-0.25, -0.2) is 0 Å². The first-order chi connectivity index (χ1) is 9.15. The fourth-order valence-electron chi connectivity index (χ4n) is 1.99. The van der Waals surface area contributed by atoms with Gasteiger partial charge in [-0.2, -0.15) is 0 Å². The summed E-state index contributed by atoms with van der Waals surface area (Å²) in [5, 5.41) is 0. The Kier molecular flexibility index (Phi) is 5.11. The Balaban J connectivity index is 1.68. The average Bonchev–Trinajstić information content (AvgIpc) is 3.18. The van der Waals surface area contributed by atoms with Crippen molar-refractivity contribution in [1.82, 2.24) is 4.90 Å². The molecule has 0 unspecified atom stereocenters. The molecule has 0 heterocycles. The molecule has 0 bridgehead atoms. The molecule has 0 amide bonds. The highest BCUT2D eigenvalue weighted by atomic mass is 16.5. The molecule has 3 heteroatoms. The summed E-state index contributed by atoms with van der Waals surface area (Å²) in [6.45, 7) is 4.88. The second kappa shape index (κ2) is 6.83. The van der Waals surface area contributed by atoms with Crippen molar-refractivity contribution in [2.75, 3.05) is 33.4 Å². The summed E-state index contributed by atoms with van der Waals surface area (Å²) in [6, 6.07) is 7.76. The number of carbonyl (C=O) groups excluding carboxylic acids is 1. The Hall–Kier alpha value is -1.19. The second-order valence-electron chi connectivity index (χ2n) is 5.55. The maximum absolute atomic E-state index is 12.1. The summed E-state index contributed by atoms with van der Waals surface area (Å²) in [7, 11) is 1.97. The third-order valence-electron chi connectivity index (χ3n) is 3.42. The molecule has 0 aliphatic heterocycles. The van der Waals surface area contributed by atoms with E-state index in [1.165, 1.54) is 12.8 Å². The predicted octanol–water partition coefficient (Wildman–Crippen LogP) is 2.54. The minimum atomic E-state index is 0.174. The van der Waals surface area contributed by atoms with Gasteiger partial charge in [-0.3, -0.25) is 9.69 Å². The highest BCUT2D eigenvalue weighted by Crippen LogP contribution is 2.28. The largest absolute Gasteiger partial charge is 0.380 e. The topological polar surface area (TPSA) is 29.5 Å². The van der Waals surface area contributed by atoms with Crippen LogP contribution >= 0.6 is 0 Å². The minimum absolute atomic E-state index is 0.174. The standard InChI is InChI=1S/C16H23NO2/c1-13-4-3-5-15(10-13)16(18)11-17(2)8-9-19-12-14-6-7-14/h3-5,10,14H,6-9,11-12H2,1-2H3. The van der Waals surface area contributed by atoms with Crippen molar-refractivity contribution >= 4 is 5.78 Å². The highest BCUT2D eigenvalue weighted by molar-refractivity contribution is 5.97. The maximum Gasteiger partial charge on any atom is 0.176 e. The van der Waals surface area contributed by atoms with Gasteiger partial charge in [0.05, 0.1) is 13.2 Å². The summed E-state index contributed by atoms with van der Waals surface area (Å²) >= 11 is 0. The Bertz CT molecular complexity index is 427. The van der Waals surface area contributed by atoms with Gasteiger partial charge in [-0.05, 0) is 38.8 Å². The third kappa shape index (κ3) is 5.13. The Labute approximate surface area is 115 Å². The van der Waals surface area contributed by atoms with Crippen LogP contribution in [-0.2, 0) is 4.74 Å². The molecule has 2 rings (SSSR count). The number of nitrogens with zero attached hydrogens (tertiary/aromatic N) is 1. The molecule has 1 saturated carbocycles. The summed E-state index contributed by atoms with van der Waals surface area (Å²) in [5.74, 6) is 0.979. The lowest BCUT2D eigenvalue weighted by Crippen LogP contribution is -2.29. The van der Waals surface area contributed by atoms with E-state index in [2.05, 4.69) is 0 Å². The van der Waals surface area contributed by atoms with Gasteiger partial charge >= 0.3 is 0 Å². The minimum Gasteiger partial charge on any atom is -0.380 e. The highest BCUT2D eigenvalue weighted by Gasteiger charge is 2.21. The predicted molar refractivity (Wildman–Crippen MR) is 76.5 cm³/mol. The monoisotopic (exact) mass is 261 g/mol. The molecule has 0 aromatic heterocycles. The van der Waals surface area contributed by atoms with E-state index < -0.39 is 0 Å². The van der Waals surface area contributed by atoms with Crippen molar-refractivity contribution in [3.8, 4) is 0 Å². The summed E-state index contributed by atoms with van der Waals surface area (Å²) in [4.78, 5) is 14.1. The van der Waals surface area contributed by atoms with Gasteiger partial charge in [0.15, 0.2) is 5.78 Å². The Morgan fingerprint density at radius 3 is 2.89 bits per heavy atom. The molecule has 1 aliphatic rings. The lowest BCUT2D eigenvalue weighted by Gasteiger charge is -2.15. The zero-order chi connectivity index (χ0) is 13.7. The molecule has 0 atom stereocenters. The Morgan fingerprint density at radius 1 is 1.42 bits per heavy atom. The molecule has 0 spiro atoms. The molecular formula is C16H23NO2. The second-order valence-corrected chi connectivity index (χ2v) is 5.55. The van der Waals surface area contributed by atoms with Crippen LogP contribution in [0.25, 0.3) is 0 Å². The Morgan fingerprint density at radius 2 is 2.21 bits per heavy atom. The van der Waals surface area contributed by atoms with Crippen LogP contribution in [0.1, 0.15) is 28.8 Å². The van der Waals surface area contributed by atoms with Crippen LogP contribution in [0.15, 0.2) is 24.3 Å².